The lowest BCUT2D eigenvalue weighted by Gasteiger charge is -2.28. The molecule has 1 aliphatic heterocycles. The standard InChI is InChI=1S/C15H24N2O/c1-12(11-17(2)3)16-10-13-8-9-18-15-7-5-4-6-14(13)15/h4-7,12-13,16H,8-11H2,1-3H3. The minimum atomic E-state index is 0.523. The van der Waals surface area contributed by atoms with Crippen molar-refractivity contribution in [1.82, 2.24) is 10.2 Å². The number of nitrogens with zero attached hydrogens (tertiary/aromatic N) is 1. The third-order valence-corrected chi connectivity index (χ3v) is 3.43. The highest BCUT2D eigenvalue weighted by atomic mass is 16.5. The molecular weight excluding hydrogens is 224 g/mol. The highest BCUT2D eigenvalue weighted by Crippen LogP contribution is 2.32. The zero-order chi connectivity index (χ0) is 13.0. The average molecular weight is 248 g/mol. The van der Waals surface area contributed by atoms with Gasteiger partial charge in [0.2, 0.25) is 0 Å². The summed E-state index contributed by atoms with van der Waals surface area (Å²) < 4.78 is 5.69. The maximum atomic E-state index is 5.69. The molecule has 2 rings (SSSR count). The first-order valence-electron chi connectivity index (χ1n) is 6.76. The number of likely N-dealkylation sites (N-methyl/N-ethyl adjacent to an activating group) is 1. The van der Waals surface area contributed by atoms with Gasteiger partial charge in [-0.05, 0) is 39.1 Å². The molecule has 0 spiro atoms. The second-order valence-electron chi connectivity index (χ2n) is 5.44. The van der Waals surface area contributed by atoms with E-state index in [4.69, 9.17) is 4.74 Å². The topological polar surface area (TPSA) is 24.5 Å². The fourth-order valence-electron chi connectivity index (χ4n) is 2.58. The van der Waals surface area contributed by atoms with Crippen molar-refractivity contribution < 1.29 is 4.74 Å². The molecule has 1 aliphatic rings. The zero-order valence-corrected chi connectivity index (χ0v) is 11.6. The van der Waals surface area contributed by atoms with E-state index in [0.717, 1.165) is 31.9 Å². The van der Waals surface area contributed by atoms with Crippen LogP contribution in [0.4, 0.5) is 0 Å². The molecule has 0 aromatic heterocycles. The van der Waals surface area contributed by atoms with E-state index in [2.05, 4.69) is 49.4 Å². The van der Waals surface area contributed by atoms with Crippen LogP contribution in [0, 0.1) is 0 Å². The van der Waals surface area contributed by atoms with Crippen molar-refractivity contribution in [2.45, 2.75) is 25.3 Å². The van der Waals surface area contributed by atoms with Crippen molar-refractivity contribution in [3.05, 3.63) is 29.8 Å². The normalized spacial score (nSPS) is 20.3. The first kappa shape index (κ1) is 13.4. The van der Waals surface area contributed by atoms with Gasteiger partial charge in [-0.25, -0.2) is 0 Å². The van der Waals surface area contributed by atoms with Crippen molar-refractivity contribution in [3.63, 3.8) is 0 Å². The second-order valence-corrected chi connectivity index (χ2v) is 5.44. The Kier molecular flexibility index (Phi) is 4.61. The van der Waals surface area contributed by atoms with Gasteiger partial charge in [0.1, 0.15) is 5.75 Å². The van der Waals surface area contributed by atoms with Gasteiger partial charge in [-0.1, -0.05) is 18.2 Å². The zero-order valence-electron chi connectivity index (χ0n) is 11.6. The van der Waals surface area contributed by atoms with Crippen LogP contribution in [-0.2, 0) is 0 Å². The molecule has 3 heteroatoms. The maximum Gasteiger partial charge on any atom is 0.122 e. The summed E-state index contributed by atoms with van der Waals surface area (Å²) in [6.45, 7) is 5.19. The predicted octanol–water partition coefficient (Wildman–Crippen LogP) is 2.09. The Hall–Kier alpha value is -1.06. The molecule has 0 amide bonds. The molecule has 0 saturated carbocycles. The van der Waals surface area contributed by atoms with Crippen LogP contribution < -0.4 is 10.1 Å². The third-order valence-electron chi connectivity index (χ3n) is 3.43. The monoisotopic (exact) mass is 248 g/mol. The number of hydrogen-bond donors (Lipinski definition) is 1. The Bertz CT molecular complexity index is 379. The molecular formula is C15H24N2O. The number of hydrogen-bond acceptors (Lipinski definition) is 3. The molecule has 18 heavy (non-hydrogen) atoms. The van der Waals surface area contributed by atoms with Crippen molar-refractivity contribution in [2.24, 2.45) is 0 Å². The lowest BCUT2D eigenvalue weighted by Crippen LogP contribution is -2.38. The van der Waals surface area contributed by atoms with E-state index in [1.807, 2.05) is 6.07 Å². The van der Waals surface area contributed by atoms with Gasteiger partial charge in [-0.3, -0.25) is 0 Å². The van der Waals surface area contributed by atoms with Gasteiger partial charge in [0.25, 0.3) is 0 Å². The predicted molar refractivity (Wildman–Crippen MR) is 75.3 cm³/mol. The molecule has 0 saturated heterocycles. The van der Waals surface area contributed by atoms with Crippen molar-refractivity contribution in [3.8, 4) is 5.75 Å². The number of ether oxygens (including phenoxy) is 1. The van der Waals surface area contributed by atoms with Gasteiger partial charge >= 0.3 is 0 Å². The van der Waals surface area contributed by atoms with Crippen LogP contribution in [0.2, 0.25) is 0 Å². The number of benzene rings is 1. The SMILES string of the molecule is CC(CN(C)C)NCC1CCOc2ccccc21. The van der Waals surface area contributed by atoms with Crippen LogP contribution >= 0.6 is 0 Å². The van der Waals surface area contributed by atoms with E-state index < -0.39 is 0 Å². The van der Waals surface area contributed by atoms with Crippen LogP contribution in [0.15, 0.2) is 24.3 Å². The number of rotatable bonds is 5. The van der Waals surface area contributed by atoms with E-state index in [-0.39, 0.29) is 0 Å². The van der Waals surface area contributed by atoms with Crippen molar-refractivity contribution in [2.75, 3.05) is 33.8 Å². The Morgan fingerprint density at radius 1 is 1.39 bits per heavy atom. The van der Waals surface area contributed by atoms with Gasteiger partial charge < -0.3 is 15.0 Å². The highest BCUT2D eigenvalue weighted by Gasteiger charge is 2.21. The molecule has 2 atom stereocenters. The molecule has 0 fully saturated rings. The largest absolute Gasteiger partial charge is 0.493 e. The Morgan fingerprint density at radius 2 is 2.17 bits per heavy atom. The first-order chi connectivity index (χ1) is 8.66. The van der Waals surface area contributed by atoms with Crippen LogP contribution in [0.5, 0.6) is 5.75 Å². The summed E-state index contributed by atoms with van der Waals surface area (Å²) in [6, 6.07) is 8.94. The molecule has 1 aromatic carbocycles. The second kappa shape index (κ2) is 6.21. The summed E-state index contributed by atoms with van der Waals surface area (Å²) in [6.07, 6.45) is 1.11. The van der Waals surface area contributed by atoms with Crippen LogP contribution in [0.25, 0.3) is 0 Å². The highest BCUT2D eigenvalue weighted by molar-refractivity contribution is 5.37. The quantitative estimate of drug-likeness (QED) is 0.863. The third kappa shape index (κ3) is 3.47. The fourth-order valence-corrected chi connectivity index (χ4v) is 2.58. The Balaban J connectivity index is 1.91. The van der Waals surface area contributed by atoms with Crippen LogP contribution in [-0.4, -0.2) is 44.7 Å². The molecule has 1 aromatic rings. The van der Waals surface area contributed by atoms with Gasteiger partial charge in [-0.2, -0.15) is 0 Å². The van der Waals surface area contributed by atoms with Crippen LogP contribution in [0.1, 0.15) is 24.8 Å². The lowest BCUT2D eigenvalue weighted by atomic mass is 9.93. The van der Waals surface area contributed by atoms with Gasteiger partial charge in [-0.15, -0.1) is 0 Å². The molecule has 1 N–H and O–H groups in total. The van der Waals surface area contributed by atoms with Gasteiger partial charge in [0.15, 0.2) is 0 Å². The van der Waals surface area contributed by atoms with E-state index >= 15 is 0 Å². The smallest absolute Gasteiger partial charge is 0.122 e. The number of nitrogens with one attached hydrogen (secondary N) is 1. The summed E-state index contributed by atoms with van der Waals surface area (Å²) in [7, 11) is 4.23. The van der Waals surface area contributed by atoms with E-state index in [1.165, 1.54) is 5.56 Å². The fraction of sp³-hybridized carbons (Fsp3) is 0.600. The average Bonchev–Trinajstić information content (AvgIpc) is 2.35. The van der Waals surface area contributed by atoms with Gasteiger partial charge in [0, 0.05) is 25.0 Å². The Morgan fingerprint density at radius 3 is 2.94 bits per heavy atom. The van der Waals surface area contributed by atoms with Crippen LogP contribution in [0.3, 0.4) is 0 Å². The number of fused-ring (bicyclic) bond motifs is 1. The summed E-state index contributed by atoms with van der Waals surface area (Å²) in [5.74, 6) is 1.65. The molecule has 2 unspecified atom stereocenters. The van der Waals surface area contributed by atoms with Crippen molar-refractivity contribution in [1.29, 1.82) is 0 Å². The molecule has 3 nitrogen and oxygen atoms in total. The molecule has 100 valence electrons. The van der Waals surface area contributed by atoms with E-state index in [0.29, 0.717) is 12.0 Å². The summed E-state index contributed by atoms with van der Waals surface area (Å²) in [5.41, 5.74) is 1.35. The Labute approximate surface area is 110 Å². The molecule has 0 aliphatic carbocycles. The minimum absolute atomic E-state index is 0.523. The molecule has 1 heterocycles. The summed E-state index contributed by atoms with van der Waals surface area (Å²) in [4.78, 5) is 2.22. The molecule has 0 bridgehead atoms. The summed E-state index contributed by atoms with van der Waals surface area (Å²) >= 11 is 0. The molecule has 0 radical (unpaired) electrons. The number of para-hydroxylation sites is 1. The van der Waals surface area contributed by atoms with Gasteiger partial charge in [0.05, 0.1) is 6.61 Å². The first-order valence-corrected chi connectivity index (χ1v) is 6.76. The summed E-state index contributed by atoms with van der Waals surface area (Å²) in [5, 5.41) is 3.63. The van der Waals surface area contributed by atoms with E-state index in [9.17, 15) is 0 Å². The van der Waals surface area contributed by atoms with E-state index in [1.54, 1.807) is 0 Å². The maximum absolute atomic E-state index is 5.69. The lowest BCUT2D eigenvalue weighted by molar-refractivity contribution is 0.259. The minimum Gasteiger partial charge on any atom is -0.493 e. The van der Waals surface area contributed by atoms with Crippen molar-refractivity contribution >= 4 is 0 Å².